The highest BCUT2D eigenvalue weighted by Gasteiger charge is 2.37. The normalized spacial score (nSPS) is 35.8. The fourth-order valence-corrected chi connectivity index (χ4v) is 3.94. The Hall–Kier alpha value is -0.650. The van der Waals surface area contributed by atoms with Gasteiger partial charge in [0.1, 0.15) is 0 Å². The van der Waals surface area contributed by atoms with E-state index in [9.17, 15) is 4.79 Å². The summed E-state index contributed by atoms with van der Waals surface area (Å²) in [5.41, 5.74) is 0. The number of hydrogen-bond donors (Lipinski definition) is 1. The molecule has 5 heteroatoms. The van der Waals surface area contributed by atoms with Crippen molar-refractivity contribution in [2.24, 2.45) is 0 Å². The van der Waals surface area contributed by atoms with E-state index in [0.717, 1.165) is 39.1 Å². The standard InChI is InChI=1S/C15H27N3O2/c1-11(18-5-7-20-8-6-18)15(19)17(2)14-9-12-3-4-13(10-14)16-12/h11-14,16H,3-10H2,1-2H3. The molecule has 1 N–H and O–H groups in total. The van der Waals surface area contributed by atoms with E-state index in [1.54, 1.807) is 0 Å². The maximum Gasteiger partial charge on any atom is 0.239 e. The lowest BCUT2D eigenvalue weighted by Gasteiger charge is -2.39. The summed E-state index contributed by atoms with van der Waals surface area (Å²) in [6, 6.07) is 1.67. The number of carbonyl (C=O) groups is 1. The zero-order chi connectivity index (χ0) is 14.1. The highest BCUT2D eigenvalue weighted by molar-refractivity contribution is 5.81. The van der Waals surface area contributed by atoms with Crippen LogP contribution in [-0.4, -0.2) is 73.2 Å². The summed E-state index contributed by atoms with van der Waals surface area (Å²) in [6.07, 6.45) is 4.80. The molecule has 3 fully saturated rings. The maximum absolute atomic E-state index is 12.7. The van der Waals surface area contributed by atoms with Crippen molar-refractivity contribution in [2.45, 2.75) is 56.8 Å². The number of amides is 1. The number of nitrogens with zero attached hydrogens (tertiary/aromatic N) is 2. The molecular weight excluding hydrogens is 254 g/mol. The maximum atomic E-state index is 12.7. The number of hydrogen-bond acceptors (Lipinski definition) is 4. The van der Waals surface area contributed by atoms with Gasteiger partial charge in [0.05, 0.1) is 19.3 Å². The average molecular weight is 281 g/mol. The van der Waals surface area contributed by atoms with E-state index in [1.165, 1.54) is 12.8 Å². The number of morpholine rings is 1. The lowest BCUT2D eigenvalue weighted by molar-refractivity contribution is -0.139. The quantitative estimate of drug-likeness (QED) is 0.816. The summed E-state index contributed by atoms with van der Waals surface area (Å²) in [6.45, 7) is 5.29. The van der Waals surface area contributed by atoms with Gasteiger partial charge in [-0.2, -0.15) is 0 Å². The van der Waals surface area contributed by atoms with E-state index in [2.05, 4.69) is 10.2 Å². The van der Waals surface area contributed by atoms with Crippen LogP contribution in [0.25, 0.3) is 0 Å². The van der Waals surface area contributed by atoms with Crippen molar-refractivity contribution in [3.8, 4) is 0 Å². The topological polar surface area (TPSA) is 44.8 Å². The first-order chi connectivity index (χ1) is 9.65. The van der Waals surface area contributed by atoms with E-state index >= 15 is 0 Å². The molecule has 3 rings (SSSR count). The second kappa shape index (κ2) is 6.00. The summed E-state index contributed by atoms with van der Waals surface area (Å²) < 4.78 is 5.37. The first-order valence-corrected chi connectivity index (χ1v) is 7.99. The summed E-state index contributed by atoms with van der Waals surface area (Å²) in [5, 5.41) is 3.64. The van der Waals surface area contributed by atoms with Gasteiger partial charge >= 0.3 is 0 Å². The largest absolute Gasteiger partial charge is 0.379 e. The number of likely N-dealkylation sites (N-methyl/N-ethyl adjacent to an activating group) is 1. The van der Waals surface area contributed by atoms with E-state index in [-0.39, 0.29) is 11.9 Å². The van der Waals surface area contributed by atoms with Crippen LogP contribution in [0.15, 0.2) is 0 Å². The third-order valence-electron chi connectivity index (χ3n) is 5.29. The summed E-state index contributed by atoms with van der Waals surface area (Å²) in [4.78, 5) is 17.0. The van der Waals surface area contributed by atoms with Crippen LogP contribution in [-0.2, 0) is 9.53 Å². The molecule has 3 aliphatic heterocycles. The number of carbonyl (C=O) groups excluding carboxylic acids is 1. The fourth-order valence-electron chi connectivity index (χ4n) is 3.94. The SMILES string of the molecule is CC(C(=O)N(C)C1CC2CCC(C1)N2)N1CCOCC1. The third-order valence-corrected chi connectivity index (χ3v) is 5.29. The molecule has 0 spiro atoms. The van der Waals surface area contributed by atoms with Gasteiger partial charge in [-0.15, -0.1) is 0 Å². The van der Waals surface area contributed by atoms with E-state index in [4.69, 9.17) is 4.74 Å². The fraction of sp³-hybridized carbons (Fsp3) is 0.933. The lowest BCUT2D eigenvalue weighted by Crippen LogP contribution is -2.55. The number of piperidine rings is 1. The van der Waals surface area contributed by atoms with Crippen molar-refractivity contribution < 1.29 is 9.53 Å². The van der Waals surface area contributed by atoms with Crippen LogP contribution in [0.1, 0.15) is 32.6 Å². The van der Waals surface area contributed by atoms with E-state index in [1.807, 2.05) is 18.9 Å². The van der Waals surface area contributed by atoms with Crippen LogP contribution in [0.2, 0.25) is 0 Å². The van der Waals surface area contributed by atoms with Gasteiger partial charge in [0.25, 0.3) is 0 Å². The van der Waals surface area contributed by atoms with Crippen LogP contribution < -0.4 is 5.32 Å². The van der Waals surface area contributed by atoms with Crippen molar-refractivity contribution in [1.82, 2.24) is 15.1 Å². The zero-order valence-electron chi connectivity index (χ0n) is 12.7. The van der Waals surface area contributed by atoms with Crippen LogP contribution in [0.4, 0.5) is 0 Å². The molecular formula is C15H27N3O2. The Morgan fingerprint density at radius 3 is 2.45 bits per heavy atom. The molecule has 3 heterocycles. The Morgan fingerprint density at radius 1 is 1.25 bits per heavy atom. The number of ether oxygens (including phenoxy) is 1. The predicted molar refractivity (Wildman–Crippen MR) is 77.6 cm³/mol. The molecule has 0 aromatic heterocycles. The lowest BCUT2D eigenvalue weighted by atomic mass is 9.98. The van der Waals surface area contributed by atoms with E-state index in [0.29, 0.717) is 18.1 Å². The average Bonchev–Trinajstić information content (AvgIpc) is 2.84. The van der Waals surface area contributed by atoms with Crippen molar-refractivity contribution >= 4 is 5.91 Å². The predicted octanol–water partition coefficient (Wildman–Crippen LogP) is 0.449. The highest BCUT2D eigenvalue weighted by Crippen LogP contribution is 2.29. The monoisotopic (exact) mass is 281 g/mol. The highest BCUT2D eigenvalue weighted by atomic mass is 16.5. The van der Waals surface area contributed by atoms with Gasteiger partial charge in [0.2, 0.25) is 5.91 Å². The minimum Gasteiger partial charge on any atom is -0.379 e. The molecule has 0 saturated carbocycles. The first kappa shape index (κ1) is 14.3. The molecule has 2 bridgehead atoms. The second-order valence-electron chi connectivity index (χ2n) is 6.54. The molecule has 0 aliphatic carbocycles. The zero-order valence-corrected chi connectivity index (χ0v) is 12.7. The van der Waals surface area contributed by atoms with Crippen LogP contribution in [0, 0.1) is 0 Å². The molecule has 0 radical (unpaired) electrons. The Labute approximate surface area is 121 Å². The van der Waals surface area contributed by atoms with Crippen molar-refractivity contribution in [3.05, 3.63) is 0 Å². The molecule has 5 nitrogen and oxygen atoms in total. The van der Waals surface area contributed by atoms with Gasteiger partial charge in [-0.1, -0.05) is 0 Å². The number of fused-ring (bicyclic) bond motifs is 2. The molecule has 114 valence electrons. The Kier molecular flexibility index (Phi) is 4.29. The van der Waals surface area contributed by atoms with Gasteiger partial charge in [-0.25, -0.2) is 0 Å². The Balaban J connectivity index is 1.58. The molecule has 3 atom stereocenters. The van der Waals surface area contributed by atoms with Gasteiger partial charge in [-0.3, -0.25) is 9.69 Å². The van der Waals surface area contributed by atoms with Crippen molar-refractivity contribution in [2.75, 3.05) is 33.4 Å². The number of rotatable bonds is 3. The van der Waals surface area contributed by atoms with Crippen LogP contribution >= 0.6 is 0 Å². The molecule has 3 aliphatic rings. The third kappa shape index (κ3) is 2.85. The van der Waals surface area contributed by atoms with Crippen molar-refractivity contribution in [3.63, 3.8) is 0 Å². The van der Waals surface area contributed by atoms with Gasteiger partial charge in [0, 0.05) is 38.3 Å². The molecule has 20 heavy (non-hydrogen) atoms. The minimum atomic E-state index is -0.0172. The molecule has 1 amide bonds. The van der Waals surface area contributed by atoms with E-state index < -0.39 is 0 Å². The summed E-state index contributed by atoms with van der Waals surface area (Å²) >= 11 is 0. The summed E-state index contributed by atoms with van der Waals surface area (Å²) in [7, 11) is 1.99. The van der Waals surface area contributed by atoms with Gasteiger partial charge < -0.3 is 15.0 Å². The molecule has 0 aromatic carbocycles. The minimum absolute atomic E-state index is 0.0172. The smallest absolute Gasteiger partial charge is 0.239 e. The molecule has 3 unspecified atom stereocenters. The van der Waals surface area contributed by atoms with Crippen molar-refractivity contribution in [1.29, 1.82) is 0 Å². The Morgan fingerprint density at radius 2 is 1.85 bits per heavy atom. The van der Waals surface area contributed by atoms with Gasteiger partial charge in [0.15, 0.2) is 0 Å². The molecule has 0 aromatic rings. The number of nitrogens with one attached hydrogen (secondary N) is 1. The van der Waals surface area contributed by atoms with Crippen LogP contribution in [0.5, 0.6) is 0 Å². The summed E-state index contributed by atoms with van der Waals surface area (Å²) in [5.74, 6) is 0.276. The van der Waals surface area contributed by atoms with Gasteiger partial charge in [-0.05, 0) is 32.6 Å². The second-order valence-corrected chi connectivity index (χ2v) is 6.54. The first-order valence-electron chi connectivity index (χ1n) is 7.99. The Bertz CT molecular complexity index is 345. The van der Waals surface area contributed by atoms with Crippen LogP contribution in [0.3, 0.4) is 0 Å². The molecule has 3 saturated heterocycles.